The van der Waals surface area contributed by atoms with E-state index in [0.29, 0.717) is 0 Å². The summed E-state index contributed by atoms with van der Waals surface area (Å²) in [6, 6.07) is 87.9. The Morgan fingerprint density at radius 1 is 0.308 bits per heavy atom. The second kappa shape index (κ2) is 15.0. The number of rotatable bonds is 7. The number of para-hydroxylation sites is 3. The van der Waals surface area contributed by atoms with Gasteiger partial charge in [-0.1, -0.05) is 151 Å². The smallest absolute Gasteiger partial charge is 0.137 e. The van der Waals surface area contributed by atoms with E-state index in [-0.39, 0.29) is 0 Å². The molecule has 4 heteroatoms. The van der Waals surface area contributed by atoms with Crippen molar-refractivity contribution in [3.63, 3.8) is 0 Å². The van der Waals surface area contributed by atoms with Gasteiger partial charge in [0.05, 0.1) is 5.41 Å². The highest BCUT2D eigenvalue weighted by atomic mass is 32.2. The van der Waals surface area contributed by atoms with Crippen molar-refractivity contribution in [1.82, 2.24) is 0 Å². The van der Waals surface area contributed by atoms with Crippen LogP contribution in [0.25, 0.3) is 44.2 Å². The van der Waals surface area contributed by atoms with Crippen molar-refractivity contribution in [2.24, 2.45) is 0 Å². The molecule has 2 aliphatic rings. The summed E-state index contributed by atoms with van der Waals surface area (Å²) < 4.78 is 6.80. The summed E-state index contributed by atoms with van der Waals surface area (Å²) in [7, 11) is 0. The Hall–Kier alpha value is -8.05. The van der Waals surface area contributed by atoms with Crippen LogP contribution < -0.4 is 9.80 Å². The minimum absolute atomic E-state index is 0.466. The van der Waals surface area contributed by atoms with Crippen LogP contribution in [0.1, 0.15) is 22.3 Å². The van der Waals surface area contributed by atoms with Gasteiger partial charge in [-0.3, -0.25) is 0 Å². The van der Waals surface area contributed by atoms with Crippen molar-refractivity contribution in [1.29, 1.82) is 0 Å². The minimum atomic E-state index is -0.466. The molecule has 13 rings (SSSR count). The number of furan rings is 1. The van der Waals surface area contributed by atoms with Gasteiger partial charge in [0.25, 0.3) is 0 Å². The zero-order valence-electron chi connectivity index (χ0n) is 35.3. The second-order valence-corrected chi connectivity index (χ2v) is 17.9. The Labute approximate surface area is 382 Å². The summed E-state index contributed by atoms with van der Waals surface area (Å²) in [6.45, 7) is 0. The first-order valence-corrected chi connectivity index (χ1v) is 23.0. The molecule has 2 heterocycles. The Bertz CT molecular complexity index is 3500. The number of anilines is 6. The van der Waals surface area contributed by atoms with Crippen molar-refractivity contribution in [3.05, 3.63) is 265 Å². The summed E-state index contributed by atoms with van der Waals surface area (Å²) in [4.78, 5) is 7.23. The lowest BCUT2D eigenvalue weighted by atomic mass is 9.67. The van der Waals surface area contributed by atoms with Crippen molar-refractivity contribution in [3.8, 4) is 22.3 Å². The van der Waals surface area contributed by atoms with Crippen LogP contribution in [0.2, 0.25) is 0 Å². The van der Waals surface area contributed by atoms with E-state index in [1.165, 1.54) is 43.2 Å². The topological polar surface area (TPSA) is 19.6 Å². The van der Waals surface area contributed by atoms with Crippen LogP contribution in [-0.2, 0) is 5.41 Å². The molecule has 11 aromatic rings. The Balaban J connectivity index is 0.908. The maximum absolute atomic E-state index is 6.80. The number of benzene rings is 10. The maximum Gasteiger partial charge on any atom is 0.137 e. The molecule has 0 radical (unpaired) electrons. The quantitative estimate of drug-likeness (QED) is 0.159. The Morgan fingerprint density at radius 2 is 0.738 bits per heavy atom. The first kappa shape index (κ1) is 37.5. The number of nitrogens with zero attached hydrogens (tertiary/aromatic N) is 2. The van der Waals surface area contributed by atoms with Gasteiger partial charge in [-0.05, 0) is 142 Å². The zero-order chi connectivity index (χ0) is 42.9. The van der Waals surface area contributed by atoms with Crippen LogP contribution in [0.15, 0.2) is 257 Å². The zero-order valence-corrected chi connectivity index (χ0v) is 36.1. The number of hydrogen-bond donors (Lipinski definition) is 0. The summed E-state index contributed by atoms with van der Waals surface area (Å²) in [5.74, 6) is 0. The molecule has 0 atom stereocenters. The second-order valence-electron chi connectivity index (χ2n) is 16.8. The molecule has 65 heavy (non-hydrogen) atoms. The summed E-state index contributed by atoms with van der Waals surface area (Å²) >= 11 is 1.87. The van der Waals surface area contributed by atoms with Crippen LogP contribution in [0.3, 0.4) is 0 Å². The molecule has 306 valence electrons. The van der Waals surface area contributed by atoms with Crippen molar-refractivity contribution >= 4 is 67.8 Å². The molecule has 0 saturated heterocycles. The number of hydrogen-bond acceptors (Lipinski definition) is 4. The fourth-order valence-corrected chi connectivity index (χ4v) is 11.7. The SMILES string of the molecule is c1ccc(N(c2ccccc2)c2ccc(-c3ccc4c(c3)oc3cc(N(c5ccccc5)c5ccc6c(c5)C5(c7ccccc7S6)c6ccccc6-c6ccccc65)ccc34)cc2)cc1. The molecule has 1 aromatic heterocycles. The molecule has 1 aliphatic carbocycles. The minimum Gasteiger partial charge on any atom is -0.456 e. The molecule has 0 amide bonds. The van der Waals surface area contributed by atoms with E-state index in [0.717, 1.165) is 67.2 Å². The van der Waals surface area contributed by atoms with E-state index in [1.807, 2.05) is 11.8 Å². The van der Waals surface area contributed by atoms with E-state index in [1.54, 1.807) is 0 Å². The summed E-state index contributed by atoms with van der Waals surface area (Å²) in [5, 5.41) is 2.19. The van der Waals surface area contributed by atoms with Gasteiger partial charge in [0.15, 0.2) is 0 Å². The lowest BCUT2D eigenvalue weighted by Gasteiger charge is -2.40. The molecule has 0 unspecified atom stereocenters. The van der Waals surface area contributed by atoms with Crippen molar-refractivity contribution < 1.29 is 4.42 Å². The third-order valence-electron chi connectivity index (χ3n) is 13.3. The van der Waals surface area contributed by atoms with Gasteiger partial charge in [-0.15, -0.1) is 0 Å². The first-order chi connectivity index (χ1) is 32.2. The van der Waals surface area contributed by atoms with Crippen LogP contribution in [-0.4, -0.2) is 0 Å². The van der Waals surface area contributed by atoms with E-state index in [4.69, 9.17) is 4.42 Å². The van der Waals surface area contributed by atoms with Crippen LogP contribution in [0, 0.1) is 0 Å². The van der Waals surface area contributed by atoms with Gasteiger partial charge >= 0.3 is 0 Å². The number of fused-ring (bicyclic) bond motifs is 12. The van der Waals surface area contributed by atoms with E-state index < -0.39 is 5.41 Å². The summed E-state index contributed by atoms with van der Waals surface area (Å²) in [6.07, 6.45) is 0. The van der Waals surface area contributed by atoms with Gasteiger partial charge in [-0.2, -0.15) is 0 Å². The third kappa shape index (κ3) is 5.91. The van der Waals surface area contributed by atoms with Crippen molar-refractivity contribution in [2.75, 3.05) is 9.80 Å². The molecule has 1 aliphatic heterocycles. The fourth-order valence-electron chi connectivity index (χ4n) is 10.5. The molecule has 0 fully saturated rings. The lowest BCUT2D eigenvalue weighted by molar-refractivity contribution is 0.669. The van der Waals surface area contributed by atoms with Crippen LogP contribution >= 0.6 is 11.8 Å². The normalized spacial score (nSPS) is 13.0. The van der Waals surface area contributed by atoms with Gasteiger partial charge in [-0.25, -0.2) is 0 Å². The van der Waals surface area contributed by atoms with Gasteiger partial charge in [0.2, 0.25) is 0 Å². The van der Waals surface area contributed by atoms with Crippen molar-refractivity contribution in [2.45, 2.75) is 15.2 Å². The molecule has 0 bridgehead atoms. The molecule has 0 saturated carbocycles. The highest BCUT2D eigenvalue weighted by Gasteiger charge is 2.50. The third-order valence-corrected chi connectivity index (χ3v) is 14.5. The monoisotopic (exact) mass is 848 g/mol. The highest BCUT2D eigenvalue weighted by molar-refractivity contribution is 7.99. The first-order valence-electron chi connectivity index (χ1n) is 22.2. The summed E-state index contributed by atoms with van der Waals surface area (Å²) in [5.41, 5.74) is 17.9. The van der Waals surface area contributed by atoms with E-state index in [2.05, 4.69) is 252 Å². The standard InChI is InChI=1S/C61H40N2OS/c1-4-16-43(17-5-1)62(44-18-6-2-7-19-44)46-31-28-41(29-32-46)42-30-35-51-52-36-33-48(40-58(52)64-57(51)38-42)63(45-20-8-3-9-21-45)47-34-37-60-56(39-47)61(55-26-14-15-27-59(55)65-60)53-24-12-10-22-49(53)50-23-11-13-25-54(50)61/h1-40H. The molecular weight excluding hydrogens is 809 g/mol. The highest BCUT2D eigenvalue weighted by Crippen LogP contribution is 2.62. The van der Waals surface area contributed by atoms with Gasteiger partial charge in [0.1, 0.15) is 11.2 Å². The molecule has 0 N–H and O–H groups in total. The predicted octanol–water partition coefficient (Wildman–Crippen LogP) is 17.0. The van der Waals surface area contributed by atoms with Crippen LogP contribution in [0.5, 0.6) is 0 Å². The molecule has 1 spiro atoms. The van der Waals surface area contributed by atoms with Gasteiger partial charge in [0, 0.05) is 60.8 Å². The average molecular weight is 849 g/mol. The molecule has 3 nitrogen and oxygen atoms in total. The predicted molar refractivity (Wildman–Crippen MR) is 270 cm³/mol. The Kier molecular flexibility index (Phi) is 8.68. The van der Waals surface area contributed by atoms with Gasteiger partial charge < -0.3 is 14.2 Å². The molecule has 10 aromatic carbocycles. The largest absolute Gasteiger partial charge is 0.456 e. The average Bonchev–Trinajstić information content (AvgIpc) is 3.89. The fraction of sp³-hybridized carbons (Fsp3) is 0.0164. The molecular formula is C61H40N2OS. The lowest BCUT2D eigenvalue weighted by Crippen LogP contribution is -2.32. The maximum atomic E-state index is 6.80. The van der Waals surface area contributed by atoms with E-state index in [9.17, 15) is 0 Å². The van der Waals surface area contributed by atoms with E-state index >= 15 is 0 Å². The Morgan fingerprint density at radius 3 is 1.37 bits per heavy atom. The van der Waals surface area contributed by atoms with Crippen LogP contribution in [0.4, 0.5) is 34.1 Å².